The fraction of sp³-hybridized carbons (Fsp3) is 0.917. The van der Waals surface area contributed by atoms with Crippen LogP contribution in [0.15, 0.2) is 0 Å². The van der Waals surface area contributed by atoms with E-state index in [1.165, 1.54) is 70.6 Å². The summed E-state index contributed by atoms with van der Waals surface area (Å²) in [7, 11) is 0. The average Bonchev–Trinajstić information content (AvgIpc) is 2.71. The topological polar surface area (TPSA) is 64.6 Å². The molecule has 0 radical (unpaired) electrons. The lowest BCUT2D eigenvalue weighted by molar-refractivity contribution is -0.147. The maximum atomic E-state index is 12.3. The van der Waals surface area contributed by atoms with Gasteiger partial charge < -0.3 is 14.8 Å². The van der Waals surface area contributed by atoms with Crippen molar-refractivity contribution < 1.29 is 19.1 Å². The minimum Gasteiger partial charge on any atom is -0.464 e. The van der Waals surface area contributed by atoms with E-state index in [0.717, 1.165) is 19.3 Å². The van der Waals surface area contributed by atoms with E-state index in [0.29, 0.717) is 6.61 Å². The minimum atomic E-state index is -0.638. The van der Waals surface area contributed by atoms with Gasteiger partial charge in [0.15, 0.2) is 0 Å². The molecule has 0 rings (SSSR count). The van der Waals surface area contributed by atoms with Crippen molar-refractivity contribution in [1.82, 2.24) is 5.32 Å². The van der Waals surface area contributed by atoms with Crippen molar-refractivity contribution >= 4 is 12.1 Å². The van der Waals surface area contributed by atoms with E-state index in [-0.39, 0.29) is 18.5 Å². The molecule has 1 unspecified atom stereocenters. The second-order valence-electron chi connectivity index (χ2n) is 8.14. The molecule has 0 saturated heterocycles. The van der Waals surface area contributed by atoms with Gasteiger partial charge in [-0.3, -0.25) is 0 Å². The largest absolute Gasteiger partial charge is 0.464 e. The van der Waals surface area contributed by atoms with Gasteiger partial charge in [-0.15, -0.1) is 0 Å². The van der Waals surface area contributed by atoms with E-state index in [9.17, 15) is 9.59 Å². The summed E-state index contributed by atoms with van der Waals surface area (Å²) in [4.78, 5) is 23.9. The minimum absolute atomic E-state index is 0.0125. The Hall–Kier alpha value is -1.26. The average molecular weight is 414 g/mol. The molecule has 5 nitrogen and oxygen atoms in total. The Labute approximate surface area is 179 Å². The van der Waals surface area contributed by atoms with Gasteiger partial charge in [0.2, 0.25) is 0 Å². The maximum Gasteiger partial charge on any atom is 0.407 e. The van der Waals surface area contributed by atoms with E-state index in [1.54, 1.807) is 6.92 Å². The first-order chi connectivity index (χ1) is 14.1. The first kappa shape index (κ1) is 27.7. The smallest absolute Gasteiger partial charge is 0.407 e. The van der Waals surface area contributed by atoms with Gasteiger partial charge in [-0.25, -0.2) is 9.59 Å². The fourth-order valence-corrected chi connectivity index (χ4v) is 3.35. The molecule has 172 valence electrons. The number of hydrogen-bond acceptors (Lipinski definition) is 4. The lowest BCUT2D eigenvalue weighted by Crippen LogP contribution is -2.46. The molecule has 0 aromatic heterocycles. The quantitative estimate of drug-likeness (QED) is 0.187. The van der Waals surface area contributed by atoms with Crippen molar-refractivity contribution in [3.05, 3.63) is 0 Å². The van der Waals surface area contributed by atoms with Crippen molar-refractivity contribution in [1.29, 1.82) is 0 Å². The molecule has 29 heavy (non-hydrogen) atoms. The van der Waals surface area contributed by atoms with Gasteiger partial charge in [0, 0.05) is 0 Å². The highest BCUT2D eigenvalue weighted by Gasteiger charge is 2.27. The molecule has 2 atom stereocenters. The van der Waals surface area contributed by atoms with Crippen molar-refractivity contribution in [2.75, 3.05) is 13.2 Å². The highest BCUT2D eigenvalue weighted by Crippen LogP contribution is 2.13. The summed E-state index contributed by atoms with van der Waals surface area (Å²) in [6.45, 7) is 8.64. The SMILES string of the molecule is CCCCCCCCCCCCCCCOC(=O)[C@@H](NC(=O)OCC)C(C)CC. The number of alkyl carbamates (subject to hydrolysis) is 1. The van der Waals surface area contributed by atoms with Crippen molar-refractivity contribution in [2.45, 2.75) is 124 Å². The molecular formula is C24H47NO4. The summed E-state index contributed by atoms with van der Waals surface area (Å²) in [5.74, 6) is -0.343. The molecule has 0 aromatic carbocycles. The summed E-state index contributed by atoms with van der Waals surface area (Å²) in [5, 5.41) is 2.63. The number of esters is 1. The molecular weight excluding hydrogens is 366 g/mol. The number of carbonyl (C=O) groups excluding carboxylic acids is 2. The summed E-state index contributed by atoms with van der Waals surface area (Å²) in [6, 6.07) is -0.638. The highest BCUT2D eigenvalue weighted by atomic mass is 16.6. The van der Waals surface area contributed by atoms with E-state index in [4.69, 9.17) is 9.47 Å². The first-order valence-corrected chi connectivity index (χ1v) is 12.2. The fourth-order valence-electron chi connectivity index (χ4n) is 3.35. The molecule has 0 aliphatic heterocycles. The van der Waals surface area contributed by atoms with Crippen LogP contribution in [0.2, 0.25) is 0 Å². The highest BCUT2D eigenvalue weighted by molar-refractivity contribution is 5.81. The molecule has 0 heterocycles. The molecule has 0 fully saturated rings. The number of nitrogens with one attached hydrogen (secondary N) is 1. The molecule has 0 spiro atoms. The second-order valence-corrected chi connectivity index (χ2v) is 8.14. The van der Waals surface area contributed by atoms with Crippen LogP contribution in [0.3, 0.4) is 0 Å². The third-order valence-corrected chi connectivity index (χ3v) is 5.51. The van der Waals surface area contributed by atoms with Crippen LogP contribution in [-0.2, 0) is 14.3 Å². The normalized spacial score (nSPS) is 13.0. The summed E-state index contributed by atoms with van der Waals surface area (Å²) in [5.41, 5.74) is 0. The molecule has 0 saturated carbocycles. The van der Waals surface area contributed by atoms with E-state index < -0.39 is 12.1 Å². The van der Waals surface area contributed by atoms with Gasteiger partial charge in [-0.2, -0.15) is 0 Å². The zero-order valence-corrected chi connectivity index (χ0v) is 19.6. The van der Waals surface area contributed by atoms with E-state index in [1.807, 2.05) is 13.8 Å². The van der Waals surface area contributed by atoms with Crippen LogP contribution < -0.4 is 5.32 Å². The van der Waals surface area contributed by atoms with Gasteiger partial charge in [-0.05, 0) is 19.3 Å². The van der Waals surface area contributed by atoms with Gasteiger partial charge in [-0.1, -0.05) is 104 Å². The van der Waals surface area contributed by atoms with Crippen LogP contribution in [0.1, 0.15) is 118 Å². The van der Waals surface area contributed by atoms with Gasteiger partial charge in [0.25, 0.3) is 0 Å². The van der Waals surface area contributed by atoms with Gasteiger partial charge in [0.05, 0.1) is 13.2 Å². The number of carbonyl (C=O) groups is 2. The van der Waals surface area contributed by atoms with Crippen molar-refractivity contribution in [3.8, 4) is 0 Å². The Bertz CT molecular complexity index is 400. The van der Waals surface area contributed by atoms with Crippen LogP contribution in [0.5, 0.6) is 0 Å². The molecule has 0 aromatic rings. The van der Waals surface area contributed by atoms with Crippen LogP contribution >= 0.6 is 0 Å². The zero-order valence-electron chi connectivity index (χ0n) is 19.6. The predicted octanol–water partition coefficient (Wildman–Crippen LogP) is 6.78. The zero-order chi connectivity index (χ0) is 21.7. The van der Waals surface area contributed by atoms with Crippen LogP contribution in [-0.4, -0.2) is 31.3 Å². The number of hydrogen-bond donors (Lipinski definition) is 1. The van der Waals surface area contributed by atoms with E-state index in [2.05, 4.69) is 12.2 Å². The van der Waals surface area contributed by atoms with Crippen molar-refractivity contribution in [3.63, 3.8) is 0 Å². The Morgan fingerprint density at radius 3 is 1.66 bits per heavy atom. The monoisotopic (exact) mass is 413 g/mol. The van der Waals surface area contributed by atoms with Crippen LogP contribution in [0.4, 0.5) is 4.79 Å². The lowest BCUT2D eigenvalue weighted by atomic mass is 9.99. The second kappa shape index (κ2) is 20.0. The Morgan fingerprint density at radius 1 is 0.724 bits per heavy atom. The Kier molecular flexibility index (Phi) is 19.2. The third kappa shape index (κ3) is 16.2. The number of unbranched alkanes of at least 4 members (excludes halogenated alkanes) is 12. The molecule has 1 N–H and O–H groups in total. The predicted molar refractivity (Wildman–Crippen MR) is 120 cm³/mol. The summed E-state index contributed by atoms with van der Waals surface area (Å²) >= 11 is 0. The number of amides is 1. The lowest BCUT2D eigenvalue weighted by Gasteiger charge is -2.22. The Morgan fingerprint density at radius 2 is 1.21 bits per heavy atom. The van der Waals surface area contributed by atoms with Crippen molar-refractivity contribution in [2.24, 2.45) is 5.92 Å². The van der Waals surface area contributed by atoms with Gasteiger partial charge in [0.1, 0.15) is 6.04 Å². The van der Waals surface area contributed by atoms with E-state index >= 15 is 0 Å². The molecule has 0 aliphatic carbocycles. The number of rotatable bonds is 19. The van der Waals surface area contributed by atoms with Gasteiger partial charge >= 0.3 is 12.1 Å². The standard InChI is InChI=1S/C24H47NO4/c1-5-8-9-10-11-12-13-14-15-16-17-18-19-20-29-23(26)22(21(4)6-2)25-24(27)28-7-3/h21-22H,5-20H2,1-4H3,(H,25,27)/t21?,22-/m0/s1. The van der Waals surface area contributed by atoms with Crippen LogP contribution in [0, 0.1) is 5.92 Å². The number of ether oxygens (including phenoxy) is 2. The Balaban J connectivity index is 3.69. The molecule has 1 amide bonds. The first-order valence-electron chi connectivity index (χ1n) is 12.2. The van der Waals surface area contributed by atoms with Crippen LogP contribution in [0.25, 0.3) is 0 Å². The third-order valence-electron chi connectivity index (χ3n) is 5.51. The molecule has 0 bridgehead atoms. The molecule has 5 heteroatoms. The molecule has 0 aliphatic rings. The summed E-state index contributed by atoms with van der Waals surface area (Å²) in [6.07, 6.45) is 17.0. The maximum absolute atomic E-state index is 12.3. The summed E-state index contributed by atoms with van der Waals surface area (Å²) < 4.78 is 10.3.